The van der Waals surface area contributed by atoms with E-state index in [1.54, 1.807) is 0 Å². The first-order valence-electron chi connectivity index (χ1n) is 6.68. The van der Waals surface area contributed by atoms with Crippen LogP contribution in [0.1, 0.15) is 19.3 Å². The first kappa shape index (κ1) is 20.5. The summed E-state index contributed by atoms with van der Waals surface area (Å²) in [6.45, 7) is -1.70. The van der Waals surface area contributed by atoms with E-state index in [0.29, 0.717) is 10.7 Å². The Labute approximate surface area is 145 Å². The Balaban J connectivity index is 2.31. The van der Waals surface area contributed by atoms with Gasteiger partial charge in [0, 0.05) is 17.9 Å². The summed E-state index contributed by atoms with van der Waals surface area (Å²) in [5.74, 6) is -5.95. The Kier molecular flexibility index (Phi) is 7.75. The first-order chi connectivity index (χ1) is 11.1. The normalized spacial score (nSPS) is 11.5. The molecule has 0 heterocycles. The minimum Gasteiger partial charge on any atom is -0.459 e. The highest BCUT2D eigenvalue weighted by Gasteiger charge is 2.42. The van der Waals surface area contributed by atoms with Gasteiger partial charge in [-0.05, 0) is 24.6 Å². The Hall–Kier alpha value is -1.54. The number of alkyl halides is 4. The van der Waals surface area contributed by atoms with Gasteiger partial charge in [0.1, 0.15) is 0 Å². The van der Waals surface area contributed by atoms with Crippen molar-refractivity contribution in [2.75, 3.05) is 11.9 Å². The fourth-order valence-corrected chi connectivity index (χ4v) is 1.96. The Morgan fingerprint density at radius 1 is 1.21 bits per heavy atom. The lowest BCUT2D eigenvalue weighted by Gasteiger charge is -2.14. The molecule has 24 heavy (non-hydrogen) atoms. The molecule has 10 heteroatoms. The molecule has 0 saturated heterocycles. The zero-order valence-electron chi connectivity index (χ0n) is 12.1. The van der Waals surface area contributed by atoms with Gasteiger partial charge in [0.05, 0.1) is 10.7 Å². The molecule has 0 aliphatic rings. The lowest BCUT2D eigenvalue weighted by molar-refractivity contribution is -0.179. The van der Waals surface area contributed by atoms with Crippen molar-refractivity contribution in [3.8, 4) is 0 Å². The fourth-order valence-electron chi connectivity index (χ4n) is 1.51. The predicted octanol–water partition coefficient (Wildman–Crippen LogP) is 4.55. The maximum absolute atomic E-state index is 12.6. The summed E-state index contributed by atoms with van der Waals surface area (Å²) in [5.41, 5.74) is 0.324. The second kappa shape index (κ2) is 9.08. The number of amides is 1. The van der Waals surface area contributed by atoms with Crippen molar-refractivity contribution in [1.82, 2.24) is 0 Å². The zero-order valence-corrected chi connectivity index (χ0v) is 13.6. The number of hydrogen-bond acceptors (Lipinski definition) is 3. The van der Waals surface area contributed by atoms with Crippen LogP contribution in [0.15, 0.2) is 18.2 Å². The van der Waals surface area contributed by atoms with E-state index in [9.17, 15) is 27.2 Å². The van der Waals surface area contributed by atoms with Crippen LogP contribution < -0.4 is 5.32 Å². The standard InChI is InChI=1S/C14H13Cl2F4NO3/c15-8-4-5-10(9(16)6-8)21-11(22)2-1-3-12(23)24-7-14(19,20)13(17)18/h4-6,13H,1-3,7H2,(H,21,22). The van der Waals surface area contributed by atoms with Crippen molar-refractivity contribution in [3.63, 3.8) is 0 Å². The van der Waals surface area contributed by atoms with Gasteiger partial charge in [0.15, 0.2) is 6.61 Å². The van der Waals surface area contributed by atoms with Crippen molar-refractivity contribution in [2.24, 2.45) is 0 Å². The smallest absolute Gasteiger partial charge is 0.340 e. The third-order valence-electron chi connectivity index (χ3n) is 2.73. The molecule has 0 aromatic heterocycles. The highest BCUT2D eigenvalue weighted by atomic mass is 35.5. The average Bonchev–Trinajstić information content (AvgIpc) is 2.48. The Bertz CT molecular complexity index is 599. The average molecular weight is 390 g/mol. The number of esters is 1. The Morgan fingerprint density at radius 2 is 1.88 bits per heavy atom. The molecule has 0 bridgehead atoms. The van der Waals surface area contributed by atoms with Crippen LogP contribution in [0.2, 0.25) is 10.0 Å². The van der Waals surface area contributed by atoms with Gasteiger partial charge >= 0.3 is 18.3 Å². The third-order valence-corrected chi connectivity index (χ3v) is 3.28. The summed E-state index contributed by atoms with van der Waals surface area (Å²) in [4.78, 5) is 22.8. The van der Waals surface area contributed by atoms with Gasteiger partial charge in [0.25, 0.3) is 0 Å². The number of anilines is 1. The second-order valence-corrected chi connectivity index (χ2v) is 5.59. The highest BCUT2D eigenvalue weighted by molar-refractivity contribution is 6.36. The minimum absolute atomic E-state index is 0.00384. The van der Waals surface area contributed by atoms with Gasteiger partial charge in [-0.1, -0.05) is 23.2 Å². The summed E-state index contributed by atoms with van der Waals surface area (Å²) in [6.07, 6.45) is -4.39. The molecule has 134 valence electrons. The van der Waals surface area contributed by atoms with Crippen molar-refractivity contribution < 1.29 is 31.9 Å². The molecular formula is C14H13Cl2F4NO3. The van der Waals surface area contributed by atoms with Crippen LogP contribution in [0.3, 0.4) is 0 Å². The van der Waals surface area contributed by atoms with Gasteiger partial charge in [0.2, 0.25) is 5.91 Å². The quantitative estimate of drug-likeness (QED) is 0.524. The monoisotopic (exact) mass is 389 g/mol. The molecule has 1 aromatic rings. The molecule has 4 nitrogen and oxygen atoms in total. The van der Waals surface area contributed by atoms with Crippen LogP contribution >= 0.6 is 23.2 Å². The number of nitrogens with one attached hydrogen (secondary N) is 1. The van der Waals surface area contributed by atoms with E-state index in [1.165, 1.54) is 18.2 Å². The minimum atomic E-state index is -4.39. The lowest BCUT2D eigenvalue weighted by Crippen LogP contribution is -2.33. The van der Waals surface area contributed by atoms with Gasteiger partial charge in [-0.25, -0.2) is 8.78 Å². The summed E-state index contributed by atoms with van der Waals surface area (Å²) in [5, 5.41) is 3.10. The van der Waals surface area contributed by atoms with E-state index in [1.807, 2.05) is 0 Å². The van der Waals surface area contributed by atoms with E-state index in [-0.39, 0.29) is 24.3 Å². The largest absolute Gasteiger partial charge is 0.459 e. The Morgan fingerprint density at radius 3 is 2.46 bits per heavy atom. The maximum atomic E-state index is 12.6. The molecule has 1 amide bonds. The molecule has 1 rings (SSSR count). The van der Waals surface area contributed by atoms with Crippen molar-refractivity contribution in [3.05, 3.63) is 28.2 Å². The summed E-state index contributed by atoms with van der Waals surface area (Å²) >= 11 is 11.6. The van der Waals surface area contributed by atoms with Crippen LogP contribution in [-0.4, -0.2) is 30.8 Å². The van der Waals surface area contributed by atoms with Crippen LogP contribution in [0, 0.1) is 0 Å². The number of carbonyl (C=O) groups is 2. The number of ether oxygens (including phenoxy) is 1. The molecule has 0 atom stereocenters. The number of rotatable bonds is 8. The molecule has 0 aliphatic carbocycles. The molecule has 0 radical (unpaired) electrons. The number of carbonyl (C=O) groups excluding carboxylic acids is 2. The fraction of sp³-hybridized carbons (Fsp3) is 0.429. The first-order valence-corrected chi connectivity index (χ1v) is 7.44. The zero-order chi connectivity index (χ0) is 18.3. The van der Waals surface area contributed by atoms with Gasteiger partial charge in [-0.2, -0.15) is 8.78 Å². The van der Waals surface area contributed by atoms with E-state index < -0.39 is 30.8 Å². The van der Waals surface area contributed by atoms with E-state index in [0.717, 1.165) is 0 Å². The molecule has 0 spiro atoms. The second-order valence-electron chi connectivity index (χ2n) is 4.75. The SMILES string of the molecule is O=C(CCCC(=O)OCC(F)(F)C(F)F)Nc1ccc(Cl)cc1Cl. The van der Waals surface area contributed by atoms with Crippen LogP contribution in [0.4, 0.5) is 23.2 Å². The predicted molar refractivity (Wildman–Crippen MR) is 80.9 cm³/mol. The highest BCUT2D eigenvalue weighted by Crippen LogP contribution is 2.25. The molecule has 0 unspecified atom stereocenters. The van der Waals surface area contributed by atoms with Crippen molar-refractivity contribution in [1.29, 1.82) is 0 Å². The van der Waals surface area contributed by atoms with Crippen molar-refractivity contribution >= 4 is 40.8 Å². The van der Waals surface area contributed by atoms with E-state index in [4.69, 9.17) is 23.2 Å². The van der Waals surface area contributed by atoms with Crippen LogP contribution in [-0.2, 0) is 14.3 Å². The molecular weight excluding hydrogens is 377 g/mol. The topological polar surface area (TPSA) is 55.4 Å². The van der Waals surface area contributed by atoms with E-state index in [2.05, 4.69) is 10.1 Å². The molecule has 0 aliphatic heterocycles. The number of halogens is 6. The lowest BCUT2D eigenvalue weighted by atomic mass is 10.2. The van der Waals surface area contributed by atoms with Crippen molar-refractivity contribution in [2.45, 2.75) is 31.6 Å². The molecule has 0 fully saturated rings. The molecule has 0 saturated carbocycles. The van der Waals surface area contributed by atoms with Gasteiger partial charge < -0.3 is 10.1 Å². The number of hydrogen-bond donors (Lipinski definition) is 1. The van der Waals surface area contributed by atoms with Crippen LogP contribution in [0.25, 0.3) is 0 Å². The third kappa shape index (κ3) is 6.92. The number of benzene rings is 1. The van der Waals surface area contributed by atoms with Crippen LogP contribution in [0.5, 0.6) is 0 Å². The summed E-state index contributed by atoms with van der Waals surface area (Å²) in [7, 11) is 0. The van der Waals surface area contributed by atoms with Gasteiger partial charge in [-0.3, -0.25) is 9.59 Å². The molecule has 1 aromatic carbocycles. The summed E-state index contributed by atoms with van der Waals surface area (Å²) < 4.78 is 52.9. The summed E-state index contributed by atoms with van der Waals surface area (Å²) in [6, 6.07) is 4.44. The maximum Gasteiger partial charge on any atom is 0.340 e. The van der Waals surface area contributed by atoms with Gasteiger partial charge in [-0.15, -0.1) is 0 Å². The van der Waals surface area contributed by atoms with E-state index >= 15 is 0 Å². The molecule has 1 N–H and O–H groups in total.